The Morgan fingerprint density at radius 3 is 2.50 bits per heavy atom. The molecule has 0 amide bonds. The lowest BCUT2D eigenvalue weighted by atomic mass is 10.2. The lowest BCUT2D eigenvalue weighted by Gasteiger charge is -2.13. The summed E-state index contributed by atoms with van der Waals surface area (Å²) in [5.41, 5.74) is 6.84. The SMILES string of the molecule is COc1ccc(Br)c(Nc2cc(OC)c(N)cc2F)c1. The summed E-state index contributed by atoms with van der Waals surface area (Å²) in [5, 5.41) is 2.98. The second-order valence-corrected chi connectivity index (χ2v) is 4.90. The number of halogens is 2. The quantitative estimate of drug-likeness (QED) is 0.828. The Balaban J connectivity index is 2.39. The van der Waals surface area contributed by atoms with E-state index in [2.05, 4.69) is 21.2 Å². The van der Waals surface area contributed by atoms with Gasteiger partial charge in [0.2, 0.25) is 0 Å². The number of nitrogen functional groups attached to an aromatic ring is 1. The second-order valence-electron chi connectivity index (χ2n) is 4.04. The molecule has 106 valence electrons. The number of ether oxygens (including phenoxy) is 2. The maximum Gasteiger partial charge on any atom is 0.148 e. The summed E-state index contributed by atoms with van der Waals surface area (Å²) in [7, 11) is 3.05. The number of anilines is 3. The normalized spacial score (nSPS) is 10.2. The summed E-state index contributed by atoms with van der Waals surface area (Å²) in [6.45, 7) is 0. The molecule has 0 saturated heterocycles. The molecule has 0 aliphatic heterocycles. The van der Waals surface area contributed by atoms with Crippen LogP contribution in [0.4, 0.5) is 21.5 Å². The van der Waals surface area contributed by atoms with E-state index in [9.17, 15) is 4.39 Å². The fourth-order valence-electron chi connectivity index (χ4n) is 1.71. The highest BCUT2D eigenvalue weighted by atomic mass is 79.9. The van der Waals surface area contributed by atoms with Crippen LogP contribution in [0.25, 0.3) is 0 Å². The molecule has 0 radical (unpaired) electrons. The van der Waals surface area contributed by atoms with Crippen molar-refractivity contribution in [2.24, 2.45) is 0 Å². The Bertz CT molecular complexity index is 635. The molecule has 0 spiro atoms. The molecule has 0 aliphatic carbocycles. The fraction of sp³-hybridized carbons (Fsp3) is 0.143. The van der Waals surface area contributed by atoms with Gasteiger partial charge in [0.25, 0.3) is 0 Å². The van der Waals surface area contributed by atoms with Crippen LogP contribution in [0.1, 0.15) is 0 Å². The lowest BCUT2D eigenvalue weighted by molar-refractivity contribution is 0.415. The molecular weight excluding hydrogens is 327 g/mol. The van der Waals surface area contributed by atoms with Crippen molar-refractivity contribution in [3.05, 3.63) is 40.6 Å². The number of methoxy groups -OCH3 is 2. The van der Waals surface area contributed by atoms with E-state index in [1.807, 2.05) is 6.07 Å². The Morgan fingerprint density at radius 2 is 1.85 bits per heavy atom. The summed E-state index contributed by atoms with van der Waals surface area (Å²) in [6, 6.07) is 8.10. The Hall–Kier alpha value is -1.95. The van der Waals surface area contributed by atoms with Gasteiger partial charge in [-0.3, -0.25) is 0 Å². The maximum absolute atomic E-state index is 13.9. The summed E-state index contributed by atoms with van der Waals surface area (Å²) >= 11 is 3.40. The van der Waals surface area contributed by atoms with Gasteiger partial charge in [-0.05, 0) is 28.1 Å². The topological polar surface area (TPSA) is 56.5 Å². The predicted octanol–water partition coefficient (Wildman–Crippen LogP) is 3.93. The average Bonchev–Trinajstić information content (AvgIpc) is 2.44. The van der Waals surface area contributed by atoms with Crippen molar-refractivity contribution in [1.82, 2.24) is 0 Å². The molecule has 4 nitrogen and oxygen atoms in total. The number of nitrogens with two attached hydrogens (primary N) is 1. The Morgan fingerprint density at radius 1 is 1.10 bits per heavy atom. The molecule has 2 rings (SSSR count). The van der Waals surface area contributed by atoms with Crippen LogP contribution < -0.4 is 20.5 Å². The van der Waals surface area contributed by atoms with E-state index in [1.165, 1.54) is 19.2 Å². The van der Waals surface area contributed by atoms with E-state index < -0.39 is 5.82 Å². The summed E-state index contributed by atoms with van der Waals surface area (Å²) in [6.07, 6.45) is 0. The van der Waals surface area contributed by atoms with Gasteiger partial charge in [0, 0.05) is 22.7 Å². The number of rotatable bonds is 4. The van der Waals surface area contributed by atoms with Crippen molar-refractivity contribution >= 4 is 33.0 Å². The lowest BCUT2D eigenvalue weighted by Crippen LogP contribution is -1.99. The number of hydrogen-bond acceptors (Lipinski definition) is 4. The molecule has 3 N–H and O–H groups in total. The van der Waals surface area contributed by atoms with E-state index in [-0.39, 0.29) is 11.4 Å². The molecule has 0 bridgehead atoms. The zero-order chi connectivity index (χ0) is 14.7. The summed E-state index contributed by atoms with van der Waals surface area (Å²) in [5.74, 6) is 0.615. The second kappa shape index (κ2) is 6.00. The first kappa shape index (κ1) is 14.5. The van der Waals surface area contributed by atoms with Crippen molar-refractivity contribution in [2.45, 2.75) is 0 Å². The van der Waals surface area contributed by atoms with Crippen molar-refractivity contribution < 1.29 is 13.9 Å². The predicted molar refractivity (Wildman–Crippen MR) is 81.3 cm³/mol. The van der Waals surface area contributed by atoms with Crippen LogP contribution in [0, 0.1) is 5.82 Å². The van der Waals surface area contributed by atoms with Crippen LogP contribution in [-0.2, 0) is 0 Å². The zero-order valence-electron chi connectivity index (χ0n) is 11.0. The highest BCUT2D eigenvalue weighted by molar-refractivity contribution is 9.10. The molecule has 6 heteroatoms. The van der Waals surface area contributed by atoms with Gasteiger partial charge in [-0.25, -0.2) is 4.39 Å². The largest absolute Gasteiger partial charge is 0.497 e. The molecule has 0 aromatic heterocycles. The fourth-order valence-corrected chi connectivity index (χ4v) is 2.06. The monoisotopic (exact) mass is 340 g/mol. The van der Waals surface area contributed by atoms with Crippen LogP contribution in [0.2, 0.25) is 0 Å². The smallest absolute Gasteiger partial charge is 0.148 e. The van der Waals surface area contributed by atoms with Gasteiger partial charge in [0.05, 0.1) is 31.3 Å². The zero-order valence-corrected chi connectivity index (χ0v) is 12.6. The van der Waals surface area contributed by atoms with Gasteiger partial charge in [0.1, 0.15) is 17.3 Å². The number of hydrogen-bond donors (Lipinski definition) is 2. The molecule has 0 fully saturated rings. The third kappa shape index (κ3) is 2.96. The molecule has 0 unspecified atom stereocenters. The standard InChI is InChI=1S/C14H14BrFN2O2/c1-19-8-3-4-9(15)12(5-8)18-13-7-14(20-2)11(17)6-10(13)16/h3-7,18H,17H2,1-2H3. The van der Waals surface area contributed by atoms with E-state index in [1.54, 1.807) is 19.2 Å². The van der Waals surface area contributed by atoms with Gasteiger partial charge in [-0.1, -0.05) is 0 Å². The molecular formula is C14H14BrFN2O2. The van der Waals surface area contributed by atoms with Crippen molar-refractivity contribution in [3.8, 4) is 11.5 Å². The van der Waals surface area contributed by atoms with Crippen molar-refractivity contribution in [2.75, 3.05) is 25.3 Å². The molecule has 0 saturated carbocycles. The number of nitrogens with one attached hydrogen (secondary N) is 1. The van der Waals surface area contributed by atoms with Crippen LogP contribution in [0.3, 0.4) is 0 Å². The maximum atomic E-state index is 13.9. The minimum absolute atomic E-state index is 0.250. The third-order valence-electron chi connectivity index (χ3n) is 2.76. The first-order chi connectivity index (χ1) is 9.55. The minimum atomic E-state index is -0.460. The molecule has 0 aliphatic rings. The van der Waals surface area contributed by atoms with Gasteiger partial charge in [0.15, 0.2) is 0 Å². The van der Waals surface area contributed by atoms with E-state index >= 15 is 0 Å². The molecule has 0 heterocycles. The van der Waals surface area contributed by atoms with E-state index in [4.69, 9.17) is 15.2 Å². The van der Waals surface area contributed by atoms with Crippen LogP contribution in [-0.4, -0.2) is 14.2 Å². The van der Waals surface area contributed by atoms with Gasteiger partial charge in [-0.15, -0.1) is 0 Å². The molecule has 2 aromatic rings. The molecule has 20 heavy (non-hydrogen) atoms. The van der Waals surface area contributed by atoms with Crippen molar-refractivity contribution in [1.29, 1.82) is 0 Å². The van der Waals surface area contributed by atoms with E-state index in [0.29, 0.717) is 17.2 Å². The molecule has 0 atom stereocenters. The minimum Gasteiger partial charge on any atom is -0.497 e. The summed E-state index contributed by atoms with van der Waals surface area (Å²) in [4.78, 5) is 0. The van der Waals surface area contributed by atoms with Crippen LogP contribution >= 0.6 is 15.9 Å². The Labute approximate surface area is 124 Å². The van der Waals surface area contributed by atoms with Crippen LogP contribution in [0.5, 0.6) is 11.5 Å². The van der Waals surface area contributed by atoms with Crippen LogP contribution in [0.15, 0.2) is 34.8 Å². The molecule has 2 aromatic carbocycles. The first-order valence-corrected chi connectivity index (χ1v) is 6.58. The van der Waals surface area contributed by atoms with Gasteiger partial charge >= 0.3 is 0 Å². The van der Waals surface area contributed by atoms with Gasteiger partial charge in [-0.2, -0.15) is 0 Å². The van der Waals surface area contributed by atoms with Gasteiger partial charge < -0.3 is 20.5 Å². The first-order valence-electron chi connectivity index (χ1n) is 5.78. The average molecular weight is 341 g/mol. The highest BCUT2D eigenvalue weighted by Gasteiger charge is 2.10. The summed E-state index contributed by atoms with van der Waals surface area (Å²) < 4.78 is 24.9. The number of benzene rings is 2. The Kier molecular flexibility index (Phi) is 4.34. The highest BCUT2D eigenvalue weighted by Crippen LogP contribution is 2.34. The third-order valence-corrected chi connectivity index (χ3v) is 3.45. The van der Waals surface area contributed by atoms with Crippen molar-refractivity contribution in [3.63, 3.8) is 0 Å². The van der Waals surface area contributed by atoms with E-state index in [0.717, 1.165) is 4.47 Å².